The average Bonchev–Trinajstić information content (AvgIpc) is 3.46. The number of rotatable bonds is 9. The number of ether oxygens (including phenoxy) is 1. The van der Waals surface area contributed by atoms with E-state index in [0.717, 1.165) is 85.8 Å². The number of H-pyrrole nitrogens is 1. The van der Waals surface area contributed by atoms with Crippen LogP contribution in [0.3, 0.4) is 0 Å². The van der Waals surface area contributed by atoms with Crippen LogP contribution in [-0.4, -0.2) is 63.4 Å². The van der Waals surface area contributed by atoms with Gasteiger partial charge in [0.1, 0.15) is 11.6 Å². The van der Waals surface area contributed by atoms with Crippen molar-refractivity contribution in [1.82, 2.24) is 24.3 Å². The summed E-state index contributed by atoms with van der Waals surface area (Å²) >= 11 is 0. The molecule has 1 fully saturated rings. The summed E-state index contributed by atoms with van der Waals surface area (Å²) in [5, 5.41) is 1.08. The number of aryl methyl sites for hydroxylation is 2. The maximum atomic E-state index is 12.6. The minimum Gasteiger partial charge on any atom is -0.406 e. The van der Waals surface area contributed by atoms with E-state index in [2.05, 4.69) is 53.5 Å². The number of aromatic amines is 1. The van der Waals surface area contributed by atoms with Gasteiger partial charge in [-0.1, -0.05) is 18.2 Å². The minimum absolute atomic E-state index is 0.226. The number of halogens is 3. The predicted molar refractivity (Wildman–Crippen MR) is 142 cm³/mol. The zero-order valence-corrected chi connectivity index (χ0v) is 21.5. The maximum absolute atomic E-state index is 12.6. The number of imidazole rings is 1. The number of piperazine rings is 1. The summed E-state index contributed by atoms with van der Waals surface area (Å²) in [6.45, 7) is 9.01. The lowest BCUT2D eigenvalue weighted by Gasteiger charge is -2.34. The lowest BCUT2D eigenvalue weighted by molar-refractivity contribution is -0.274. The SMILES string of the molecule is Cc1ncc(CN2CCN(Cc3ccc4c(c3)c(-c3ccc(OC(F)(F)F)cc3)cn4CCCN)CC2)[nH]1. The van der Waals surface area contributed by atoms with Crippen LogP contribution in [0.15, 0.2) is 54.9 Å². The summed E-state index contributed by atoms with van der Waals surface area (Å²) in [5.41, 5.74) is 11.0. The number of nitrogens with zero attached hydrogens (tertiary/aromatic N) is 4. The van der Waals surface area contributed by atoms with Gasteiger partial charge < -0.3 is 20.0 Å². The van der Waals surface area contributed by atoms with Gasteiger partial charge >= 0.3 is 6.36 Å². The Morgan fingerprint density at radius 1 is 1.00 bits per heavy atom. The summed E-state index contributed by atoms with van der Waals surface area (Å²) in [5.74, 6) is 0.714. The Morgan fingerprint density at radius 3 is 2.34 bits per heavy atom. The fourth-order valence-electron chi connectivity index (χ4n) is 5.11. The summed E-state index contributed by atoms with van der Waals surface area (Å²) in [6.07, 6.45) is 0.106. The highest BCUT2D eigenvalue weighted by Gasteiger charge is 2.31. The lowest BCUT2D eigenvalue weighted by atomic mass is 10.0. The fourth-order valence-corrected chi connectivity index (χ4v) is 5.11. The number of fused-ring (bicyclic) bond motifs is 1. The molecule has 0 atom stereocenters. The third-order valence-corrected chi connectivity index (χ3v) is 6.97. The van der Waals surface area contributed by atoms with Crippen LogP contribution in [0.5, 0.6) is 5.75 Å². The first-order valence-electron chi connectivity index (χ1n) is 12.9. The molecule has 1 aliphatic heterocycles. The van der Waals surface area contributed by atoms with E-state index in [1.807, 2.05) is 13.1 Å². The Kier molecular flexibility index (Phi) is 7.73. The molecule has 3 heterocycles. The Balaban J connectivity index is 1.32. The summed E-state index contributed by atoms with van der Waals surface area (Å²) < 4.78 is 44.0. The van der Waals surface area contributed by atoms with Crippen molar-refractivity contribution in [2.45, 2.75) is 39.3 Å². The van der Waals surface area contributed by atoms with Crippen LogP contribution in [-0.2, 0) is 19.6 Å². The first kappa shape index (κ1) is 26.3. The second kappa shape index (κ2) is 11.2. The van der Waals surface area contributed by atoms with Gasteiger partial charge in [-0.05, 0) is 55.3 Å². The highest BCUT2D eigenvalue weighted by molar-refractivity contribution is 5.96. The van der Waals surface area contributed by atoms with Gasteiger partial charge in [-0.2, -0.15) is 0 Å². The predicted octanol–water partition coefficient (Wildman–Crippen LogP) is 4.91. The van der Waals surface area contributed by atoms with Crippen molar-refractivity contribution < 1.29 is 17.9 Å². The first-order chi connectivity index (χ1) is 18.3. The molecule has 2 aromatic carbocycles. The molecule has 0 spiro atoms. The van der Waals surface area contributed by atoms with Crippen molar-refractivity contribution >= 4 is 10.9 Å². The van der Waals surface area contributed by atoms with E-state index in [1.54, 1.807) is 12.1 Å². The zero-order chi connectivity index (χ0) is 26.7. The van der Waals surface area contributed by atoms with Crippen molar-refractivity contribution in [2.24, 2.45) is 5.73 Å². The Hall–Kier alpha value is -3.34. The summed E-state index contributed by atoms with van der Waals surface area (Å²) in [4.78, 5) is 12.5. The van der Waals surface area contributed by atoms with E-state index in [-0.39, 0.29) is 5.75 Å². The molecule has 0 radical (unpaired) electrons. The van der Waals surface area contributed by atoms with Gasteiger partial charge in [-0.25, -0.2) is 4.98 Å². The van der Waals surface area contributed by atoms with Crippen LogP contribution in [0.2, 0.25) is 0 Å². The number of hydrogen-bond acceptors (Lipinski definition) is 5. The Labute approximate surface area is 220 Å². The van der Waals surface area contributed by atoms with Gasteiger partial charge in [0.05, 0.1) is 0 Å². The third-order valence-electron chi connectivity index (χ3n) is 6.97. The van der Waals surface area contributed by atoms with Gasteiger partial charge in [0, 0.05) is 80.4 Å². The van der Waals surface area contributed by atoms with Gasteiger partial charge in [0.25, 0.3) is 0 Å². The number of nitrogens with one attached hydrogen (secondary N) is 1. The van der Waals surface area contributed by atoms with Gasteiger partial charge in [0.15, 0.2) is 0 Å². The molecule has 3 N–H and O–H groups in total. The highest BCUT2D eigenvalue weighted by atomic mass is 19.4. The topological polar surface area (TPSA) is 75.3 Å². The molecule has 7 nitrogen and oxygen atoms in total. The van der Waals surface area contributed by atoms with E-state index in [4.69, 9.17) is 5.73 Å². The molecule has 0 saturated carbocycles. The molecular weight excluding hydrogens is 493 g/mol. The highest BCUT2D eigenvalue weighted by Crippen LogP contribution is 2.34. The normalized spacial score (nSPS) is 15.4. The Bertz CT molecular complexity index is 1350. The molecule has 38 heavy (non-hydrogen) atoms. The molecule has 1 aliphatic rings. The molecule has 1 saturated heterocycles. The van der Waals surface area contributed by atoms with Crippen molar-refractivity contribution in [2.75, 3.05) is 32.7 Å². The number of benzene rings is 2. The molecule has 4 aromatic rings. The largest absolute Gasteiger partial charge is 0.573 e. The number of hydrogen-bond donors (Lipinski definition) is 2. The van der Waals surface area contributed by atoms with Crippen molar-refractivity contribution in [1.29, 1.82) is 0 Å². The molecule has 5 rings (SSSR count). The van der Waals surface area contributed by atoms with Crippen LogP contribution in [0.4, 0.5) is 13.2 Å². The summed E-state index contributed by atoms with van der Waals surface area (Å²) in [6, 6.07) is 12.6. The van der Waals surface area contributed by atoms with Crippen molar-refractivity contribution in [3.05, 3.63) is 71.9 Å². The number of aromatic nitrogens is 3. The van der Waals surface area contributed by atoms with E-state index < -0.39 is 6.36 Å². The van der Waals surface area contributed by atoms with E-state index in [0.29, 0.717) is 6.54 Å². The van der Waals surface area contributed by atoms with Gasteiger partial charge in [-0.3, -0.25) is 9.80 Å². The standard InChI is InChI=1S/C28H33F3N6O/c1-20-33-16-23(34-20)18-36-13-11-35(12-14-36)17-21-3-8-27-25(15-21)26(19-37(27)10-2-9-32)22-4-6-24(7-5-22)38-28(29,30)31/h3-8,15-16,19H,2,9-14,17-18,32H2,1H3,(H,33,34). The monoisotopic (exact) mass is 526 g/mol. The molecule has 0 aliphatic carbocycles. The lowest BCUT2D eigenvalue weighted by Crippen LogP contribution is -2.45. The van der Waals surface area contributed by atoms with Crippen LogP contribution < -0.4 is 10.5 Å². The van der Waals surface area contributed by atoms with Gasteiger partial charge in [-0.15, -0.1) is 13.2 Å². The molecule has 0 unspecified atom stereocenters. The zero-order valence-electron chi connectivity index (χ0n) is 21.5. The summed E-state index contributed by atoms with van der Waals surface area (Å²) in [7, 11) is 0. The number of nitrogens with two attached hydrogens (primary N) is 1. The second-order valence-corrected chi connectivity index (χ2v) is 9.85. The molecular formula is C28H33F3N6O. The Morgan fingerprint density at radius 2 is 1.71 bits per heavy atom. The van der Waals surface area contributed by atoms with Crippen molar-refractivity contribution in [3.8, 4) is 16.9 Å². The first-order valence-corrected chi connectivity index (χ1v) is 12.9. The van der Waals surface area contributed by atoms with Gasteiger partial charge in [0.2, 0.25) is 0 Å². The van der Waals surface area contributed by atoms with E-state index in [9.17, 15) is 13.2 Å². The molecule has 10 heteroatoms. The van der Waals surface area contributed by atoms with Crippen molar-refractivity contribution in [3.63, 3.8) is 0 Å². The average molecular weight is 527 g/mol. The fraction of sp³-hybridized carbons (Fsp3) is 0.393. The van der Waals surface area contributed by atoms with Crippen LogP contribution in [0, 0.1) is 6.92 Å². The smallest absolute Gasteiger partial charge is 0.406 e. The quantitative estimate of drug-likeness (QED) is 0.324. The molecule has 0 bridgehead atoms. The molecule has 202 valence electrons. The number of alkyl halides is 3. The molecule has 0 amide bonds. The molecule has 2 aromatic heterocycles. The van der Waals surface area contributed by atoms with Crippen LogP contribution in [0.1, 0.15) is 23.5 Å². The maximum Gasteiger partial charge on any atom is 0.573 e. The minimum atomic E-state index is -4.71. The third kappa shape index (κ3) is 6.38. The van der Waals surface area contributed by atoms with Crippen LogP contribution in [0.25, 0.3) is 22.0 Å². The second-order valence-electron chi connectivity index (χ2n) is 9.85. The van der Waals surface area contributed by atoms with E-state index in [1.165, 1.54) is 17.7 Å². The van der Waals surface area contributed by atoms with E-state index >= 15 is 0 Å². The van der Waals surface area contributed by atoms with Crippen LogP contribution >= 0.6 is 0 Å².